The zero-order valence-electron chi connectivity index (χ0n) is 14.2. The van der Waals surface area contributed by atoms with Crippen LogP contribution in [0.15, 0.2) is 60.8 Å². The van der Waals surface area contributed by atoms with Gasteiger partial charge in [0.15, 0.2) is 11.6 Å². The Kier molecular flexibility index (Phi) is 5.98. The van der Waals surface area contributed by atoms with Crippen molar-refractivity contribution in [1.29, 1.82) is 0 Å². The summed E-state index contributed by atoms with van der Waals surface area (Å²) in [4.78, 5) is 16.3. The summed E-state index contributed by atoms with van der Waals surface area (Å²) in [6, 6.07) is 14.1. The number of benzene rings is 2. The summed E-state index contributed by atoms with van der Waals surface area (Å²) >= 11 is 5.86. The zero-order chi connectivity index (χ0) is 19.2. The van der Waals surface area contributed by atoms with E-state index in [2.05, 4.69) is 15.6 Å². The molecule has 0 radical (unpaired) electrons. The van der Waals surface area contributed by atoms with Gasteiger partial charge >= 0.3 is 0 Å². The van der Waals surface area contributed by atoms with Gasteiger partial charge in [0.2, 0.25) is 0 Å². The highest BCUT2D eigenvalue weighted by molar-refractivity contribution is 6.30. The van der Waals surface area contributed by atoms with Gasteiger partial charge in [0.05, 0.1) is 0 Å². The monoisotopic (exact) mass is 387 g/mol. The quantitative estimate of drug-likeness (QED) is 0.631. The SMILES string of the molecule is O=C(Nc1ccc(F)c(F)c1)c1cc(NCCc2ccc(Cl)cc2)ccn1. The molecule has 0 unspecified atom stereocenters. The average molecular weight is 388 g/mol. The number of carbonyl (C=O) groups is 1. The van der Waals surface area contributed by atoms with E-state index in [1.165, 1.54) is 12.3 Å². The molecule has 1 heterocycles. The van der Waals surface area contributed by atoms with Crippen molar-refractivity contribution in [3.05, 3.63) is 88.7 Å². The van der Waals surface area contributed by atoms with Crippen LogP contribution in [-0.4, -0.2) is 17.4 Å². The maximum Gasteiger partial charge on any atom is 0.274 e. The van der Waals surface area contributed by atoms with Gasteiger partial charge in [-0.25, -0.2) is 8.78 Å². The summed E-state index contributed by atoms with van der Waals surface area (Å²) in [6.07, 6.45) is 2.29. The van der Waals surface area contributed by atoms with Gasteiger partial charge in [-0.3, -0.25) is 9.78 Å². The predicted octanol–water partition coefficient (Wildman–Crippen LogP) is 4.92. The third-order valence-electron chi connectivity index (χ3n) is 3.83. The lowest BCUT2D eigenvalue weighted by atomic mass is 10.1. The predicted molar refractivity (Wildman–Crippen MR) is 102 cm³/mol. The fourth-order valence-electron chi connectivity index (χ4n) is 2.44. The minimum Gasteiger partial charge on any atom is -0.385 e. The van der Waals surface area contributed by atoms with Crippen molar-refractivity contribution in [3.8, 4) is 0 Å². The van der Waals surface area contributed by atoms with Crippen molar-refractivity contribution < 1.29 is 13.6 Å². The van der Waals surface area contributed by atoms with Gasteiger partial charge in [-0.15, -0.1) is 0 Å². The van der Waals surface area contributed by atoms with Gasteiger partial charge in [0.1, 0.15) is 5.69 Å². The van der Waals surface area contributed by atoms with Crippen LogP contribution in [0.3, 0.4) is 0 Å². The van der Waals surface area contributed by atoms with Gasteiger partial charge in [-0.05, 0) is 48.4 Å². The van der Waals surface area contributed by atoms with Gasteiger partial charge in [0.25, 0.3) is 5.91 Å². The number of hydrogen-bond donors (Lipinski definition) is 2. The van der Waals surface area contributed by atoms with Crippen LogP contribution in [0.25, 0.3) is 0 Å². The molecule has 138 valence electrons. The molecule has 0 aliphatic carbocycles. The minimum atomic E-state index is -1.03. The molecule has 0 saturated carbocycles. The molecule has 27 heavy (non-hydrogen) atoms. The Bertz CT molecular complexity index is 948. The van der Waals surface area contributed by atoms with E-state index in [0.29, 0.717) is 11.6 Å². The molecule has 3 aromatic rings. The lowest BCUT2D eigenvalue weighted by Crippen LogP contribution is -2.14. The summed E-state index contributed by atoms with van der Waals surface area (Å²) in [6.45, 7) is 0.663. The Balaban J connectivity index is 1.59. The summed E-state index contributed by atoms with van der Waals surface area (Å²) in [5.74, 6) is -2.52. The van der Waals surface area contributed by atoms with Crippen LogP contribution in [0.2, 0.25) is 5.02 Å². The van der Waals surface area contributed by atoms with E-state index in [1.807, 2.05) is 24.3 Å². The van der Waals surface area contributed by atoms with E-state index in [4.69, 9.17) is 11.6 Å². The second kappa shape index (κ2) is 8.60. The fourth-order valence-corrected chi connectivity index (χ4v) is 2.56. The van der Waals surface area contributed by atoms with E-state index >= 15 is 0 Å². The minimum absolute atomic E-state index is 0.154. The zero-order valence-corrected chi connectivity index (χ0v) is 14.9. The van der Waals surface area contributed by atoms with Gasteiger partial charge in [-0.2, -0.15) is 0 Å². The first-order valence-electron chi connectivity index (χ1n) is 8.22. The summed E-state index contributed by atoms with van der Waals surface area (Å²) in [7, 11) is 0. The molecular formula is C20H16ClF2N3O. The third kappa shape index (κ3) is 5.24. The number of nitrogens with zero attached hydrogens (tertiary/aromatic N) is 1. The van der Waals surface area contributed by atoms with Crippen LogP contribution in [0, 0.1) is 11.6 Å². The van der Waals surface area contributed by atoms with Crippen molar-refractivity contribution in [2.24, 2.45) is 0 Å². The first-order chi connectivity index (χ1) is 13.0. The normalized spacial score (nSPS) is 10.5. The van der Waals surface area contributed by atoms with Crippen molar-refractivity contribution in [1.82, 2.24) is 4.98 Å². The number of aromatic nitrogens is 1. The maximum atomic E-state index is 13.2. The Labute approximate surface area is 160 Å². The highest BCUT2D eigenvalue weighted by Gasteiger charge is 2.10. The van der Waals surface area contributed by atoms with Gasteiger partial charge < -0.3 is 10.6 Å². The molecule has 3 rings (SSSR count). The second-order valence-electron chi connectivity index (χ2n) is 5.82. The molecule has 0 spiro atoms. The highest BCUT2D eigenvalue weighted by atomic mass is 35.5. The van der Waals surface area contributed by atoms with Crippen LogP contribution in [0.4, 0.5) is 20.2 Å². The Morgan fingerprint density at radius 2 is 1.74 bits per heavy atom. The number of amides is 1. The molecular weight excluding hydrogens is 372 g/mol. The van der Waals surface area contributed by atoms with Gasteiger partial charge in [0, 0.05) is 35.2 Å². The number of anilines is 2. The van der Waals surface area contributed by atoms with Crippen LogP contribution >= 0.6 is 11.6 Å². The van der Waals surface area contributed by atoms with Crippen LogP contribution < -0.4 is 10.6 Å². The summed E-state index contributed by atoms with van der Waals surface area (Å²) in [5.41, 5.74) is 2.18. The largest absolute Gasteiger partial charge is 0.385 e. The molecule has 0 aliphatic heterocycles. The maximum absolute atomic E-state index is 13.2. The number of nitrogens with one attached hydrogen (secondary N) is 2. The molecule has 4 nitrogen and oxygen atoms in total. The summed E-state index contributed by atoms with van der Waals surface area (Å²) < 4.78 is 26.2. The first kappa shape index (κ1) is 18.8. The number of hydrogen-bond acceptors (Lipinski definition) is 3. The third-order valence-corrected chi connectivity index (χ3v) is 4.08. The first-order valence-corrected chi connectivity index (χ1v) is 8.60. The molecule has 0 fully saturated rings. The Morgan fingerprint density at radius 1 is 0.963 bits per heavy atom. The molecule has 2 aromatic carbocycles. The molecule has 1 amide bonds. The molecule has 7 heteroatoms. The lowest BCUT2D eigenvalue weighted by molar-refractivity contribution is 0.102. The van der Waals surface area contributed by atoms with Crippen molar-refractivity contribution in [2.75, 3.05) is 17.2 Å². The van der Waals surface area contributed by atoms with Crippen molar-refractivity contribution in [2.45, 2.75) is 6.42 Å². The molecule has 0 aliphatic rings. The molecule has 0 atom stereocenters. The Hall–Kier alpha value is -2.99. The standard InChI is InChI=1S/C20H16ClF2N3O/c21-14-3-1-13(2-4-14)7-9-24-15-8-10-25-19(12-15)20(27)26-16-5-6-17(22)18(23)11-16/h1-6,8,10-12H,7,9H2,(H,24,25)(H,26,27). The summed E-state index contributed by atoms with van der Waals surface area (Å²) in [5, 5.41) is 6.41. The molecule has 0 bridgehead atoms. The van der Waals surface area contributed by atoms with E-state index in [-0.39, 0.29) is 11.4 Å². The number of pyridine rings is 1. The smallest absolute Gasteiger partial charge is 0.274 e. The lowest BCUT2D eigenvalue weighted by Gasteiger charge is -2.09. The second-order valence-corrected chi connectivity index (χ2v) is 6.25. The molecule has 1 aromatic heterocycles. The van der Waals surface area contributed by atoms with Crippen molar-refractivity contribution >= 4 is 28.9 Å². The van der Waals surface area contributed by atoms with Crippen LogP contribution in [0.1, 0.15) is 16.1 Å². The van der Waals surface area contributed by atoms with Crippen LogP contribution in [-0.2, 0) is 6.42 Å². The topological polar surface area (TPSA) is 54.0 Å². The average Bonchev–Trinajstić information content (AvgIpc) is 2.66. The van der Waals surface area contributed by atoms with Crippen LogP contribution in [0.5, 0.6) is 0 Å². The fraction of sp³-hybridized carbons (Fsp3) is 0.100. The number of rotatable bonds is 6. The van der Waals surface area contributed by atoms with E-state index in [9.17, 15) is 13.6 Å². The Morgan fingerprint density at radius 3 is 2.48 bits per heavy atom. The van der Waals surface area contributed by atoms with E-state index in [0.717, 1.165) is 29.8 Å². The number of halogens is 3. The molecule has 2 N–H and O–H groups in total. The van der Waals surface area contributed by atoms with Crippen molar-refractivity contribution in [3.63, 3.8) is 0 Å². The molecule has 0 saturated heterocycles. The van der Waals surface area contributed by atoms with Gasteiger partial charge in [-0.1, -0.05) is 23.7 Å². The van der Waals surface area contributed by atoms with E-state index < -0.39 is 17.5 Å². The highest BCUT2D eigenvalue weighted by Crippen LogP contribution is 2.15. The number of carbonyl (C=O) groups excluding carboxylic acids is 1. The van der Waals surface area contributed by atoms with E-state index in [1.54, 1.807) is 12.1 Å².